The van der Waals surface area contributed by atoms with Crippen molar-refractivity contribution in [1.29, 1.82) is 0 Å². The van der Waals surface area contributed by atoms with Gasteiger partial charge in [-0.1, -0.05) is 0 Å². The first-order valence-corrected chi connectivity index (χ1v) is 6.60. The minimum absolute atomic E-state index is 0.0250. The normalized spacial score (nSPS) is 10.9. The van der Waals surface area contributed by atoms with Gasteiger partial charge in [-0.2, -0.15) is 5.10 Å². The lowest BCUT2D eigenvalue weighted by molar-refractivity contribution is 0.242. The number of ether oxygens (including phenoxy) is 1. The molecule has 112 valence electrons. The van der Waals surface area contributed by atoms with Gasteiger partial charge >= 0.3 is 5.69 Å². The molecule has 0 aliphatic heterocycles. The Balaban J connectivity index is 2.39. The third kappa shape index (κ3) is 3.57. The average molecular weight is 291 g/mol. The summed E-state index contributed by atoms with van der Waals surface area (Å²) in [5, 5.41) is 12.9. The van der Waals surface area contributed by atoms with E-state index in [-0.39, 0.29) is 24.9 Å². The van der Waals surface area contributed by atoms with Crippen LogP contribution in [0.4, 0.5) is 0 Å². The lowest BCUT2D eigenvalue weighted by atomic mass is 10.1. The number of aromatic nitrogens is 3. The molecule has 2 rings (SSSR count). The van der Waals surface area contributed by atoms with Gasteiger partial charge in [0.25, 0.3) is 5.56 Å². The molecule has 1 aromatic heterocycles. The molecule has 0 atom stereocenters. The van der Waals surface area contributed by atoms with E-state index in [0.717, 1.165) is 4.68 Å². The highest BCUT2D eigenvalue weighted by Gasteiger charge is 2.09. The quantitative estimate of drug-likeness (QED) is 0.830. The van der Waals surface area contributed by atoms with Crippen molar-refractivity contribution in [1.82, 2.24) is 14.8 Å². The molecule has 0 aliphatic carbocycles. The molecular formula is C14H17N3O4. The molecule has 0 spiro atoms. The maximum absolute atomic E-state index is 11.8. The Bertz CT molecular complexity index is 716. The zero-order valence-electron chi connectivity index (χ0n) is 11.9. The minimum Gasteiger partial charge on any atom is -0.491 e. The summed E-state index contributed by atoms with van der Waals surface area (Å²) in [5.74, 6) is 0.689. The SMILES string of the molecule is CC(C)Oc1ccc(-c2nn(CCO)c(=O)[nH]c2=O)cc1. The van der Waals surface area contributed by atoms with E-state index in [1.54, 1.807) is 24.3 Å². The molecule has 1 aromatic carbocycles. The number of rotatable bonds is 5. The largest absolute Gasteiger partial charge is 0.491 e. The summed E-state index contributed by atoms with van der Waals surface area (Å²) in [6.45, 7) is 3.63. The smallest absolute Gasteiger partial charge is 0.344 e. The number of H-pyrrole nitrogens is 1. The van der Waals surface area contributed by atoms with Gasteiger partial charge in [-0.25, -0.2) is 9.48 Å². The van der Waals surface area contributed by atoms with E-state index >= 15 is 0 Å². The Labute approximate surface area is 120 Å². The first-order valence-electron chi connectivity index (χ1n) is 6.60. The topological polar surface area (TPSA) is 97.2 Å². The van der Waals surface area contributed by atoms with Crippen molar-refractivity contribution in [2.45, 2.75) is 26.5 Å². The number of aromatic amines is 1. The van der Waals surface area contributed by atoms with Crippen LogP contribution in [-0.2, 0) is 6.54 Å². The first-order chi connectivity index (χ1) is 10.0. The van der Waals surface area contributed by atoms with Gasteiger partial charge in [0.1, 0.15) is 5.75 Å². The van der Waals surface area contributed by atoms with Crippen LogP contribution in [0.3, 0.4) is 0 Å². The van der Waals surface area contributed by atoms with E-state index in [4.69, 9.17) is 9.84 Å². The van der Waals surface area contributed by atoms with Crippen molar-refractivity contribution in [2.24, 2.45) is 0 Å². The highest BCUT2D eigenvalue weighted by atomic mass is 16.5. The number of nitrogens with one attached hydrogen (secondary N) is 1. The molecule has 0 saturated carbocycles. The standard InChI is InChI=1S/C14H17N3O4/c1-9(2)21-11-5-3-10(4-6-11)12-13(19)15-14(20)17(16-12)7-8-18/h3-6,9,18H,7-8H2,1-2H3,(H,15,19,20). The zero-order chi connectivity index (χ0) is 15.4. The van der Waals surface area contributed by atoms with Gasteiger partial charge in [-0.15, -0.1) is 0 Å². The third-order valence-corrected chi connectivity index (χ3v) is 2.70. The lowest BCUT2D eigenvalue weighted by Crippen LogP contribution is -2.34. The molecule has 2 N–H and O–H groups in total. The maximum atomic E-state index is 11.8. The van der Waals surface area contributed by atoms with Crippen LogP contribution in [0, 0.1) is 0 Å². The van der Waals surface area contributed by atoms with Gasteiger partial charge in [0.2, 0.25) is 0 Å². The third-order valence-electron chi connectivity index (χ3n) is 2.70. The van der Waals surface area contributed by atoms with Crippen LogP contribution in [0.5, 0.6) is 5.75 Å². The van der Waals surface area contributed by atoms with Crippen LogP contribution in [-0.4, -0.2) is 32.6 Å². The van der Waals surface area contributed by atoms with E-state index in [2.05, 4.69) is 10.1 Å². The Morgan fingerprint density at radius 2 is 1.95 bits per heavy atom. The van der Waals surface area contributed by atoms with Crippen LogP contribution >= 0.6 is 0 Å². The van der Waals surface area contributed by atoms with Crippen LogP contribution in [0.1, 0.15) is 13.8 Å². The highest BCUT2D eigenvalue weighted by Crippen LogP contribution is 2.18. The van der Waals surface area contributed by atoms with Crippen molar-refractivity contribution in [3.8, 4) is 17.0 Å². The second kappa shape index (κ2) is 6.36. The predicted octanol–water partition coefficient (Wildman–Crippen LogP) is 0.378. The first kappa shape index (κ1) is 15.0. The van der Waals surface area contributed by atoms with E-state index in [1.165, 1.54) is 0 Å². The zero-order valence-corrected chi connectivity index (χ0v) is 11.9. The van der Waals surface area contributed by atoms with Crippen molar-refractivity contribution in [2.75, 3.05) is 6.61 Å². The molecule has 7 nitrogen and oxygen atoms in total. The molecular weight excluding hydrogens is 274 g/mol. The minimum atomic E-state index is -0.641. The number of hydrogen-bond donors (Lipinski definition) is 2. The van der Waals surface area contributed by atoms with Gasteiger partial charge in [0.15, 0.2) is 5.69 Å². The molecule has 0 unspecified atom stereocenters. The van der Waals surface area contributed by atoms with E-state index in [9.17, 15) is 9.59 Å². The summed E-state index contributed by atoms with van der Waals surface area (Å²) in [5.41, 5.74) is -0.512. The van der Waals surface area contributed by atoms with Crippen LogP contribution < -0.4 is 16.0 Å². The fraction of sp³-hybridized carbons (Fsp3) is 0.357. The Hall–Kier alpha value is -2.41. The number of hydrogen-bond acceptors (Lipinski definition) is 5. The summed E-state index contributed by atoms with van der Waals surface area (Å²) in [6, 6.07) is 6.86. The monoisotopic (exact) mass is 291 g/mol. The van der Waals surface area contributed by atoms with Gasteiger partial charge in [-0.05, 0) is 38.1 Å². The molecule has 2 aromatic rings. The van der Waals surface area contributed by atoms with E-state index in [0.29, 0.717) is 11.3 Å². The Kier molecular flexibility index (Phi) is 4.54. The lowest BCUT2D eigenvalue weighted by Gasteiger charge is -2.10. The summed E-state index contributed by atoms with van der Waals surface area (Å²) in [7, 11) is 0. The van der Waals surface area contributed by atoms with Crippen LogP contribution in [0.25, 0.3) is 11.3 Å². The van der Waals surface area contributed by atoms with Crippen molar-refractivity contribution < 1.29 is 9.84 Å². The molecule has 0 radical (unpaired) electrons. The van der Waals surface area contributed by atoms with Crippen molar-refractivity contribution in [3.05, 3.63) is 45.1 Å². The molecule has 0 aliphatic rings. The molecule has 0 bridgehead atoms. The number of aliphatic hydroxyl groups is 1. The number of aliphatic hydroxyl groups excluding tert-OH is 1. The molecule has 1 heterocycles. The van der Waals surface area contributed by atoms with Gasteiger partial charge in [0.05, 0.1) is 19.3 Å². The fourth-order valence-electron chi connectivity index (χ4n) is 1.83. The van der Waals surface area contributed by atoms with Crippen molar-refractivity contribution in [3.63, 3.8) is 0 Å². The second-order valence-corrected chi connectivity index (χ2v) is 4.75. The second-order valence-electron chi connectivity index (χ2n) is 4.75. The molecule has 7 heteroatoms. The molecule has 0 saturated heterocycles. The number of benzene rings is 1. The summed E-state index contributed by atoms with van der Waals surface area (Å²) >= 11 is 0. The highest BCUT2D eigenvalue weighted by molar-refractivity contribution is 5.58. The predicted molar refractivity (Wildman–Crippen MR) is 77.4 cm³/mol. The Morgan fingerprint density at radius 3 is 2.52 bits per heavy atom. The molecule has 0 amide bonds. The summed E-state index contributed by atoms with van der Waals surface area (Å²) in [6.07, 6.45) is 0.0591. The van der Waals surface area contributed by atoms with Gasteiger partial charge in [-0.3, -0.25) is 9.78 Å². The van der Waals surface area contributed by atoms with E-state index < -0.39 is 11.2 Å². The van der Waals surface area contributed by atoms with Gasteiger partial charge in [0, 0.05) is 5.56 Å². The molecule has 0 fully saturated rings. The fourth-order valence-corrected chi connectivity index (χ4v) is 1.83. The van der Waals surface area contributed by atoms with Crippen molar-refractivity contribution >= 4 is 0 Å². The average Bonchev–Trinajstić information content (AvgIpc) is 2.42. The molecule has 21 heavy (non-hydrogen) atoms. The van der Waals surface area contributed by atoms with Crippen LogP contribution in [0.15, 0.2) is 33.9 Å². The summed E-state index contributed by atoms with van der Waals surface area (Å²) < 4.78 is 6.55. The Morgan fingerprint density at radius 1 is 1.29 bits per heavy atom. The van der Waals surface area contributed by atoms with Crippen LogP contribution in [0.2, 0.25) is 0 Å². The number of nitrogens with zero attached hydrogens (tertiary/aromatic N) is 2. The summed E-state index contributed by atoms with van der Waals surface area (Å²) in [4.78, 5) is 25.5. The van der Waals surface area contributed by atoms with E-state index in [1.807, 2.05) is 13.8 Å². The van der Waals surface area contributed by atoms with Gasteiger partial charge < -0.3 is 9.84 Å². The maximum Gasteiger partial charge on any atom is 0.344 e.